The lowest BCUT2D eigenvalue weighted by molar-refractivity contribution is -0.123. The van der Waals surface area contributed by atoms with Gasteiger partial charge in [0, 0.05) is 13.2 Å². The lowest BCUT2D eigenvalue weighted by Crippen LogP contribution is -2.40. The Bertz CT molecular complexity index is 486. The molecule has 0 heterocycles. The largest absolute Gasteiger partial charge is 0.396 e. The summed E-state index contributed by atoms with van der Waals surface area (Å²) in [7, 11) is 0. The molecule has 0 aromatic heterocycles. The van der Waals surface area contributed by atoms with Crippen molar-refractivity contribution in [2.75, 3.05) is 13.2 Å². The second-order valence-electron chi connectivity index (χ2n) is 6.19. The fourth-order valence-electron chi connectivity index (χ4n) is 3.64. The maximum atomic E-state index is 12.3. The van der Waals surface area contributed by atoms with Gasteiger partial charge in [0.15, 0.2) is 0 Å². The minimum absolute atomic E-state index is 0.0439. The minimum atomic E-state index is 0.0439. The van der Waals surface area contributed by atoms with Gasteiger partial charge in [-0.15, -0.1) is 0 Å². The molecule has 0 saturated heterocycles. The van der Waals surface area contributed by atoms with Gasteiger partial charge in [-0.2, -0.15) is 0 Å². The first-order valence-corrected chi connectivity index (χ1v) is 7.76. The maximum absolute atomic E-state index is 12.3. The number of nitrogens with one attached hydrogen (secondary N) is 1. The average molecular weight is 273 g/mol. The van der Waals surface area contributed by atoms with Crippen molar-refractivity contribution in [2.45, 2.75) is 38.0 Å². The van der Waals surface area contributed by atoms with Crippen LogP contribution >= 0.6 is 0 Å². The molecule has 1 amide bonds. The minimum Gasteiger partial charge on any atom is -0.396 e. The zero-order chi connectivity index (χ0) is 13.9. The number of aliphatic hydroxyl groups is 1. The van der Waals surface area contributed by atoms with E-state index in [0.717, 1.165) is 25.8 Å². The van der Waals surface area contributed by atoms with E-state index in [1.807, 2.05) is 12.1 Å². The fourth-order valence-corrected chi connectivity index (χ4v) is 3.64. The van der Waals surface area contributed by atoms with Crippen LogP contribution in [-0.2, 0) is 11.2 Å². The Morgan fingerprint density at radius 3 is 2.70 bits per heavy atom. The van der Waals surface area contributed by atoms with Crippen molar-refractivity contribution < 1.29 is 9.90 Å². The van der Waals surface area contributed by atoms with E-state index in [2.05, 4.69) is 17.4 Å². The summed E-state index contributed by atoms with van der Waals surface area (Å²) in [6.45, 7) is 0.982. The molecule has 0 bridgehead atoms. The third kappa shape index (κ3) is 2.59. The molecule has 1 aromatic carbocycles. The Morgan fingerprint density at radius 2 is 1.95 bits per heavy atom. The van der Waals surface area contributed by atoms with E-state index in [4.69, 9.17) is 0 Å². The highest BCUT2D eigenvalue weighted by Crippen LogP contribution is 2.35. The van der Waals surface area contributed by atoms with E-state index < -0.39 is 0 Å². The molecule has 3 unspecified atom stereocenters. The Hall–Kier alpha value is -1.35. The summed E-state index contributed by atoms with van der Waals surface area (Å²) in [5, 5.41) is 12.5. The monoisotopic (exact) mass is 273 g/mol. The predicted octanol–water partition coefficient (Wildman–Crippen LogP) is 2.24. The zero-order valence-corrected chi connectivity index (χ0v) is 11.8. The second-order valence-corrected chi connectivity index (χ2v) is 6.19. The van der Waals surface area contributed by atoms with Gasteiger partial charge in [-0.25, -0.2) is 0 Å². The van der Waals surface area contributed by atoms with Crippen LogP contribution in [0.4, 0.5) is 0 Å². The number of rotatable bonds is 4. The molecule has 0 spiro atoms. The van der Waals surface area contributed by atoms with E-state index >= 15 is 0 Å². The maximum Gasteiger partial charge on any atom is 0.227 e. The number of hydrogen-bond donors (Lipinski definition) is 2. The number of carbonyl (C=O) groups excluding carboxylic acids is 1. The summed E-state index contributed by atoms with van der Waals surface area (Å²) < 4.78 is 0. The lowest BCUT2D eigenvalue weighted by atomic mass is 9.76. The van der Waals surface area contributed by atoms with Crippen molar-refractivity contribution >= 4 is 5.91 Å². The summed E-state index contributed by atoms with van der Waals surface area (Å²) >= 11 is 0. The molecule has 3 nitrogen and oxygen atoms in total. The van der Waals surface area contributed by atoms with Crippen molar-refractivity contribution in [3.05, 3.63) is 35.4 Å². The van der Waals surface area contributed by atoms with E-state index in [1.54, 1.807) is 0 Å². The molecular formula is C17H23NO2. The Balaban J connectivity index is 1.53. The molecule has 20 heavy (non-hydrogen) atoms. The van der Waals surface area contributed by atoms with Crippen LogP contribution in [0.3, 0.4) is 0 Å². The highest BCUT2D eigenvalue weighted by Gasteiger charge is 2.32. The molecule has 1 fully saturated rings. The zero-order valence-electron chi connectivity index (χ0n) is 11.8. The SMILES string of the molecule is O=C(NCC1CCCCC1CO)C1Cc2ccccc21. The first-order valence-electron chi connectivity index (χ1n) is 7.76. The number of hydrogen-bond acceptors (Lipinski definition) is 2. The van der Waals surface area contributed by atoms with Crippen LogP contribution in [0.15, 0.2) is 24.3 Å². The van der Waals surface area contributed by atoms with Gasteiger partial charge in [0.1, 0.15) is 0 Å². The fraction of sp³-hybridized carbons (Fsp3) is 0.588. The third-order valence-electron chi connectivity index (χ3n) is 5.01. The number of benzene rings is 1. The predicted molar refractivity (Wildman–Crippen MR) is 78.4 cm³/mol. The van der Waals surface area contributed by atoms with Gasteiger partial charge >= 0.3 is 0 Å². The van der Waals surface area contributed by atoms with E-state index in [9.17, 15) is 9.90 Å². The van der Waals surface area contributed by atoms with Crippen LogP contribution in [0.1, 0.15) is 42.7 Å². The molecule has 108 valence electrons. The molecule has 3 rings (SSSR count). The molecule has 0 aliphatic heterocycles. The first-order chi connectivity index (χ1) is 9.79. The Kier molecular flexibility index (Phi) is 4.06. The molecule has 2 aliphatic carbocycles. The quantitative estimate of drug-likeness (QED) is 0.884. The molecular weight excluding hydrogens is 250 g/mol. The topological polar surface area (TPSA) is 49.3 Å². The van der Waals surface area contributed by atoms with Crippen LogP contribution in [0.5, 0.6) is 0 Å². The summed E-state index contributed by atoms with van der Waals surface area (Å²) in [5.41, 5.74) is 2.49. The molecule has 1 aromatic rings. The van der Waals surface area contributed by atoms with Gasteiger partial charge < -0.3 is 10.4 Å². The van der Waals surface area contributed by atoms with E-state index in [-0.39, 0.29) is 18.4 Å². The second kappa shape index (κ2) is 5.96. The summed E-state index contributed by atoms with van der Waals surface area (Å²) in [5.74, 6) is 1.03. The molecule has 2 aliphatic rings. The number of aliphatic hydroxyl groups excluding tert-OH is 1. The highest BCUT2D eigenvalue weighted by atomic mass is 16.3. The average Bonchev–Trinajstić information content (AvgIpc) is 2.46. The molecule has 1 saturated carbocycles. The summed E-state index contributed by atoms with van der Waals surface area (Å²) in [4.78, 5) is 12.3. The molecule has 2 N–H and O–H groups in total. The van der Waals surface area contributed by atoms with Crippen molar-refractivity contribution in [3.8, 4) is 0 Å². The van der Waals surface area contributed by atoms with Gasteiger partial charge in [-0.3, -0.25) is 4.79 Å². The molecule has 3 atom stereocenters. The molecule has 0 radical (unpaired) electrons. The van der Waals surface area contributed by atoms with Crippen LogP contribution in [0, 0.1) is 11.8 Å². The van der Waals surface area contributed by atoms with Gasteiger partial charge in [0.2, 0.25) is 5.91 Å². The van der Waals surface area contributed by atoms with E-state index in [1.165, 1.54) is 24.0 Å². The van der Waals surface area contributed by atoms with Crippen molar-refractivity contribution in [1.82, 2.24) is 5.32 Å². The van der Waals surface area contributed by atoms with Crippen molar-refractivity contribution in [3.63, 3.8) is 0 Å². The van der Waals surface area contributed by atoms with Crippen LogP contribution < -0.4 is 5.32 Å². The smallest absolute Gasteiger partial charge is 0.227 e. The van der Waals surface area contributed by atoms with Gasteiger partial charge in [-0.05, 0) is 42.2 Å². The van der Waals surface area contributed by atoms with Crippen molar-refractivity contribution in [1.29, 1.82) is 0 Å². The van der Waals surface area contributed by atoms with Crippen LogP contribution in [-0.4, -0.2) is 24.2 Å². The summed E-state index contributed by atoms with van der Waals surface area (Å²) in [6, 6.07) is 8.18. The standard InChI is InChI=1S/C17H23NO2/c19-11-14-7-2-1-6-13(14)10-18-17(20)16-9-12-5-3-4-8-15(12)16/h3-5,8,13-14,16,19H,1-2,6-7,9-11H2,(H,18,20). The van der Waals surface area contributed by atoms with Gasteiger partial charge in [0.05, 0.1) is 5.92 Å². The van der Waals surface area contributed by atoms with Gasteiger partial charge in [0.25, 0.3) is 0 Å². The Morgan fingerprint density at radius 1 is 1.20 bits per heavy atom. The summed E-state index contributed by atoms with van der Waals surface area (Å²) in [6.07, 6.45) is 5.54. The first kappa shape index (κ1) is 13.6. The highest BCUT2D eigenvalue weighted by molar-refractivity contribution is 5.86. The third-order valence-corrected chi connectivity index (χ3v) is 5.01. The van der Waals surface area contributed by atoms with Crippen molar-refractivity contribution in [2.24, 2.45) is 11.8 Å². The molecule has 3 heteroatoms. The normalized spacial score (nSPS) is 28.4. The number of amides is 1. The van der Waals surface area contributed by atoms with E-state index in [0.29, 0.717) is 11.8 Å². The lowest BCUT2D eigenvalue weighted by Gasteiger charge is -2.32. The van der Waals surface area contributed by atoms with Gasteiger partial charge in [-0.1, -0.05) is 37.1 Å². The number of fused-ring (bicyclic) bond motifs is 1. The Labute approximate surface area is 120 Å². The van der Waals surface area contributed by atoms with Crippen LogP contribution in [0.2, 0.25) is 0 Å². The van der Waals surface area contributed by atoms with Crippen LogP contribution in [0.25, 0.3) is 0 Å². The number of carbonyl (C=O) groups is 1.